The molecule has 0 saturated carbocycles. The van der Waals surface area contributed by atoms with Gasteiger partial charge in [0.15, 0.2) is 11.5 Å². The van der Waals surface area contributed by atoms with E-state index in [1.54, 1.807) is 74.9 Å². The number of rotatable bonds is 6. The Morgan fingerprint density at radius 2 is 1.72 bits per heavy atom. The van der Waals surface area contributed by atoms with Crippen molar-refractivity contribution in [3.8, 4) is 22.9 Å². The molecular formula is C24H21N3O5. The van der Waals surface area contributed by atoms with Crippen LogP contribution in [0.2, 0.25) is 0 Å². The average Bonchev–Trinajstić information content (AvgIpc) is 2.83. The molecule has 0 fully saturated rings. The van der Waals surface area contributed by atoms with Gasteiger partial charge in [0.25, 0.3) is 11.5 Å². The van der Waals surface area contributed by atoms with Crippen LogP contribution in [0.3, 0.4) is 0 Å². The van der Waals surface area contributed by atoms with Crippen LogP contribution in [0.5, 0.6) is 17.2 Å². The van der Waals surface area contributed by atoms with Crippen LogP contribution in [0.4, 0.5) is 5.69 Å². The lowest BCUT2D eigenvalue weighted by Gasteiger charge is -2.11. The number of nitrogens with one attached hydrogen (secondary N) is 1. The fraction of sp³-hybridized carbons (Fsp3) is 0.125. The Kier molecular flexibility index (Phi) is 5.76. The summed E-state index contributed by atoms with van der Waals surface area (Å²) in [6.45, 7) is 0. The van der Waals surface area contributed by atoms with Gasteiger partial charge in [0, 0.05) is 23.4 Å². The van der Waals surface area contributed by atoms with Crippen LogP contribution in [0, 0.1) is 0 Å². The van der Waals surface area contributed by atoms with Crippen LogP contribution in [0.25, 0.3) is 16.6 Å². The molecule has 8 heteroatoms. The van der Waals surface area contributed by atoms with Gasteiger partial charge in [-0.25, -0.2) is 4.98 Å². The summed E-state index contributed by atoms with van der Waals surface area (Å²) < 4.78 is 17.1. The van der Waals surface area contributed by atoms with E-state index in [1.165, 1.54) is 18.0 Å². The summed E-state index contributed by atoms with van der Waals surface area (Å²) in [6, 6.07) is 17.0. The second-order valence-electron chi connectivity index (χ2n) is 6.88. The van der Waals surface area contributed by atoms with Crippen molar-refractivity contribution >= 4 is 22.5 Å². The molecule has 0 atom stereocenters. The zero-order valence-corrected chi connectivity index (χ0v) is 17.8. The van der Waals surface area contributed by atoms with Crippen LogP contribution < -0.4 is 25.1 Å². The Labute approximate surface area is 184 Å². The molecule has 0 bridgehead atoms. The molecule has 1 heterocycles. The quantitative estimate of drug-likeness (QED) is 0.501. The van der Waals surface area contributed by atoms with Crippen molar-refractivity contribution in [2.75, 3.05) is 26.6 Å². The number of anilines is 1. The summed E-state index contributed by atoms with van der Waals surface area (Å²) in [5.74, 6) is 1.37. The molecule has 1 N–H and O–H groups in total. The number of amides is 1. The number of hydrogen-bond donors (Lipinski definition) is 1. The molecule has 0 saturated heterocycles. The topological polar surface area (TPSA) is 91.7 Å². The molecule has 0 aliphatic carbocycles. The Bertz CT molecular complexity index is 1360. The van der Waals surface area contributed by atoms with Crippen LogP contribution in [0.1, 0.15) is 10.4 Å². The fourth-order valence-corrected chi connectivity index (χ4v) is 3.32. The first-order chi connectivity index (χ1) is 15.5. The molecule has 4 aromatic rings. The van der Waals surface area contributed by atoms with Gasteiger partial charge in [-0.2, -0.15) is 0 Å². The third-order valence-corrected chi connectivity index (χ3v) is 4.99. The Morgan fingerprint density at radius 1 is 0.906 bits per heavy atom. The number of methoxy groups -OCH3 is 3. The number of hydrogen-bond acceptors (Lipinski definition) is 6. The van der Waals surface area contributed by atoms with Gasteiger partial charge < -0.3 is 19.5 Å². The van der Waals surface area contributed by atoms with Crippen molar-refractivity contribution in [2.45, 2.75) is 0 Å². The SMILES string of the molecule is COc1cccc(-n2cnc3cc(C(=O)Nc4ccc(OC)c(OC)c4)ccc3c2=O)c1. The molecule has 0 spiro atoms. The molecule has 4 rings (SSSR count). The highest BCUT2D eigenvalue weighted by Crippen LogP contribution is 2.30. The number of nitrogens with zero attached hydrogens (tertiary/aromatic N) is 2. The van der Waals surface area contributed by atoms with Gasteiger partial charge in [0.2, 0.25) is 0 Å². The lowest BCUT2D eigenvalue weighted by atomic mass is 10.1. The predicted molar refractivity (Wildman–Crippen MR) is 121 cm³/mol. The minimum Gasteiger partial charge on any atom is -0.497 e. The van der Waals surface area contributed by atoms with E-state index in [9.17, 15) is 9.59 Å². The van der Waals surface area contributed by atoms with E-state index in [0.29, 0.717) is 45.1 Å². The van der Waals surface area contributed by atoms with E-state index in [1.807, 2.05) is 0 Å². The molecule has 3 aromatic carbocycles. The number of fused-ring (bicyclic) bond motifs is 1. The van der Waals surface area contributed by atoms with Crippen molar-refractivity contribution in [3.63, 3.8) is 0 Å². The van der Waals surface area contributed by atoms with Crippen LogP contribution in [0.15, 0.2) is 71.8 Å². The van der Waals surface area contributed by atoms with Crippen molar-refractivity contribution in [1.82, 2.24) is 9.55 Å². The molecule has 0 unspecified atom stereocenters. The third kappa shape index (κ3) is 3.98. The monoisotopic (exact) mass is 431 g/mol. The highest BCUT2D eigenvalue weighted by Gasteiger charge is 2.13. The van der Waals surface area contributed by atoms with E-state index < -0.39 is 0 Å². The van der Waals surface area contributed by atoms with Gasteiger partial charge in [0.1, 0.15) is 12.1 Å². The minimum absolute atomic E-state index is 0.241. The molecule has 162 valence electrons. The summed E-state index contributed by atoms with van der Waals surface area (Å²) in [6.07, 6.45) is 1.44. The first-order valence-electron chi connectivity index (χ1n) is 9.73. The normalized spacial score (nSPS) is 10.6. The second-order valence-corrected chi connectivity index (χ2v) is 6.88. The number of benzene rings is 3. The smallest absolute Gasteiger partial charge is 0.265 e. The largest absolute Gasteiger partial charge is 0.497 e. The van der Waals surface area contributed by atoms with Crippen molar-refractivity contribution < 1.29 is 19.0 Å². The lowest BCUT2D eigenvalue weighted by molar-refractivity contribution is 0.102. The van der Waals surface area contributed by atoms with Gasteiger partial charge in [-0.05, 0) is 42.5 Å². The van der Waals surface area contributed by atoms with E-state index in [0.717, 1.165) is 0 Å². The molecule has 0 aliphatic heterocycles. The van der Waals surface area contributed by atoms with Crippen molar-refractivity contribution in [3.05, 3.63) is 82.9 Å². The van der Waals surface area contributed by atoms with Crippen LogP contribution in [-0.4, -0.2) is 36.8 Å². The van der Waals surface area contributed by atoms with Gasteiger partial charge in [-0.15, -0.1) is 0 Å². The standard InChI is InChI=1S/C24H21N3O5/c1-30-18-6-4-5-17(13-18)27-14-25-20-11-15(7-9-19(20)24(27)29)23(28)26-16-8-10-21(31-2)22(12-16)32-3/h4-14H,1-3H3,(H,26,28). The number of carbonyl (C=O) groups excluding carboxylic acids is 1. The number of aromatic nitrogens is 2. The van der Waals surface area contributed by atoms with E-state index in [4.69, 9.17) is 14.2 Å². The zero-order chi connectivity index (χ0) is 22.7. The summed E-state index contributed by atoms with van der Waals surface area (Å²) >= 11 is 0. The third-order valence-electron chi connectivity index (χ3n) is 4.99. The molecule has 32 heavy (non-hydrogen) atoms. The maximum Gasteiger partial charge on any atom is 0.265 e. The van der Waals surface area contributed by atoms with Crippen LogP contribution in [-0.2, 0) is 0 Å². The summed E-state index contributed by atoms with van der Waals surface area (Å²) in [5.41, 5.74) is 1.75. The summed E-state index contributed by atoms with van der Waals surface area (Å²) in [4.78, 5) is 30.1. The van der Waals surface area contributed by atoms with Crippen molar-refractivity contribution in [1.29, 1.82) is 0 Å². The van der Waals surface area contributed by atoms with E-state index >= 15 is 0 Å². The molecule has 0 radical (unpaired) electrons. The number of carbonyl (C=O) groups is 1. The molecule has 8 nitrogen and oxygen atoms in total. The highest BCUT2D eigenvalue weighted by atomic mass is 16.5. The first kappa shape index (κ1) is 20.9. The van der Waals surface area contributed by atoms with Crippen LogP contribution >= 0.6 is 0 Å². The lowest BCUT2D eigenvalue weighted by Crippen LogP contribution is -2.19. The first-order valence-corrected chi connectivity index (χ1v) is 9.73. The minimum atomic E-state index is -0.335. The maximum absolute atomic E-state index is 13.0. The number of ether oxygens (including phenoxy) is 3. The van der Waals surface area contributed by atoms with E-state index in [2.05, 4.69) is 10.3 Å². The Hall–Kier alpha value is -4.33. The molecular weight excluding hydrogens is 410 g/mol. The molecule has 1 amide bonds. The Balaban J connectivity index is 1.64. The predicted octanol–water partition coefficient (Wildman–Crippen LogP) is 3.66. The highest BCUT2D eigenvalue weighted by molar-refractivity contribution is 6.06. The molecule has 0 aliphatic rings. The Morgan fingerprint density at radius 3 is 2.47 bits per heavy atom. The van der Waals surface area contributed by atoms with Crippen molar-refractivity contribution in [2.24, 2.45) is 0 Å². The summed E-state index contributed by atoms with van der Waals surface area (Å²) in [7, 11) is 4.63. The maximum atomic E-state index is 13.0. The second kappa shape index (κ2) is 8.81. The van der Waals surface area contributed by atoms with Gasteiger partial charge in [-0.3, -0.25) is 14.2 Å². The summed E-state index contributed by atoms with van der Waals surface area (Å²) in [5, 5.41) is 3.21. The van der Waals surface area contributed by atoms with Gasteiger partial charge >= 0.3 is 0 Å². The fourth-order valence-electron chi connectivity index (χ4n) is 3.32. The van der Waals surface area contributed by atoms with E-state index in [-0.39, 0.29) is 11.5 Å². The molecule has 1 aromatic heterocycles. The zero-order valence-electron chi connectivity index (χ0n) is 17.8. The van der Waals surface area contributed by atoms with Gasteiger partial charge in [0.05, 0.1) is 37.9 Å². The average molecular weight is 431 g/mol. The van der Waals surface area contributed by atoms with Gasteiger partial charge in [-0.1, -0.05) is 6.07 Å².